The summed E-state index contributed by atoms with van der Waals surface area (Å²) in [5.74, 6) is 6.00. The Kier molecular flexibility index (Phi) is 16.7. The minimum atomic E-state index is -1.12. The average molecular weight is 860 g/mol. The Labute approximate surface area is 366 Å². The molecule has 59 heavy (non-hydrogen) atoms. The molecule has 0 saturated carbocycles. The third kappa shape index (κ3) is 13.2. The Morgan fingerprint density at radius 3 is 2.42 bits per heavy atom. The first kappa shape index (κ1) is 46.0. The lowest BCUT2D eigenvalue weighted by molar-refractivity contribution is -0.190. The van der Waals surface area contributed by atoms with Gasteiger partial charge < -0.3 is 19.1 Å². The van der Waals surface area contributed by atoms with Gasteiger partial charge in [0.1, 0.15) is 37.7 Å². The highest BCUT2D eigenvalue weighted by Gasteiger charge is 2.45. The fraction of sp³-hybridized carbons (Fsp3) is 0.404. The topological polar surface area (TPSA) is 68.1 Å². The van der Waals surface area contributed by atoms with Crippen molar-refractivity contribution in [1.29, 1.82) is 0 Å². The number of piperazine rings is 1. The summed E-state index contributed by atoms with van der Waals surface area (Å²) < 4.78 is 20.4. The molecule has 4 aromatic carbocycles. The quantitative estimate of drug-likeness (QED) is 0.115. The van der Waals surface area contributed by atoms with Gasteiger partial charge in [0, 0.05) is 67.0 Å². The maximum absolute atomic E-state index is 6.53. The largest absolute Gasteiger partial charge is 0.491 e. The minimum Gasteiger partial charge on any atom is -0.491 e. The number of hydrogen-bond acceptors (Lipinski definition) is 8. The van der Waals surface area contributed by atoms with E-state index in [1.54, 1.807) is 23.1 Å². The van der Waals surface area contributed by atoms with Crippen molar-refractivity contribution in [3.8, 4) is 17.6 Å². The van der Waals surface area contributed by atoms with Crippen LogP contribution in [-0.2, 0) is 28.4 Å². The molecule has 314 valence electrons. The molecule has 7 rings (SSSR count). The molecule has 2 aliphatic rings. The number of rotatable bonds is 12. The van der Waals surface area contributed by atoms with Gasteiger partial charge in [-0.15, -0.1) is 12.4 Å². The maximum atomic E-state index is 6.53. The summed E-state index contributed by atoms with van der Waals surface area (Å²) >= 11 is 12.7. The first-order chi connectivity index (χ1) is 27.9. The second-order valence-corrected chi connectivity index (χ2v) is 17.0. The number of nitrogens with zero attached hydrogens (tertiary/aromatic N) is 6. The van der Waals surface area contributed by atoms with Crippen LogP contribution >= 0.6 is 35.6 Å². The van der Waals surface area contributed by atoms with E-state index < -0.39 is 5.79 Å². The molecule has 0 N–H and O–H groups in total. The molecule has 0 spiro atoms. The van der Waals surface area contributed by atoms with Crippen LogP contribution in [0.15, 0.2) is 110 Å². The van der Waals surface area contributed by atoms with Crippen molar-refractivity contribution in [2.75, 3.05) is 57.9 Å². The Balaban J connectivity index is 0.000000248. The number of hydrogen-bond donors (Lipinski definition) is 0. The van der Waals surface area contributed by atoms with E-state index >= 15 is 0 Å². The van der Waals surface area contributed by atoms with Crippen molar-refractivity contribution in [3.05, 3.63) is 131 Å². The highest BCUT2D eigenvalue weighted by molar-refractivity contribution is 6.35. The number of allylic oxidation sites excluding steroid dienone is 1. The number of fused-ring (bicyclic) bond motifs is 1. The molecule has 2 aliphatic heterocycles. The zero-order valence-corrected chi connectivity index (χ0v) is 37.3. The van der Waals surface area contributed by atoms with Gasteiger partial charge in [0.15, 0.2) is 0 Å². The number of aromatic nitrogens is 3. The lowest BCUT2D eigenvalue weighted by Crippen LogP contribution is -2.48. The van der Waals surface area contributed by atoms with Crippen LogP contribution in [0.5, 0.6) is 5.75 Å². The van der Waals surface area contributed by atoms with Gasteiger partial charge in [-0.2, -0.15) is 5.10 Å². The second-order valence-electron chi connectivity index (χ2n) is 16.2. The van der Waals surface area contributed by atoms with E-state index in [-0.39, 0.29) is 23.9 Å². The predicted octanol–water partition coefficient (Wildman–Crippen LogP) is 9.76. The number of halogens is 3. The van der Waals surface area contributed by atoms with Crippen LogP contribution in [0, 0.1) is 17.3 Å². The Morgan fingerprint density at radius 1 is 0.983 bits per heavy atom. The highest BCUT2D eigenvalue weighted by atomic mass is 35.5. The maximum Gasteiger partial charge on any atom is 0.217 e. The smallest absolute Gasteiger partial charge is 0.217 e. The van der Waals surface area contributed by atoms with E-state index in [0.717, 1.165) is 45.0 Å². The summed E-state index contributed by atoms with van der Waals surface area (Å²) in [5.41, 5.74) is 3.35. The van der Waals surface area contributed by atoms with Crippen molar-refractivity contribution in [1.82, 2.24) is 24.6 Å². The van der Waals surface area contributed by atoms with Crippen molar-refractivity contribution in [2.24, 2.45) is 5.41 Å². The lowest BCUT2D eigenvalue weighted by atomic mass is 9.98. The van der Waals surface area contributed by atoms with Gasteiger partial charge in [0.25, 0.3) is 0 Å². The predicted molar refractivity (Wildman–Crippen MR) is 244 cm³/mol. The molecule has 0 aliphatic carbocycles. The number of likely N-dealkylation sites (N-methyl/N-ethyl adjacent to an activating group) is 1. The summed E-state index contributed by atoms with van der Waals surface area (Å²) in [4.78, 5) is 11.3. The van der Waals surface area contributed by atoms with E-state index in [4.69, 9.17) is 37.4 Å². The van der Waals surface area contributed by atoms with Crippen molar-refractivity contribution >= 4 is 52.1 Å². The van der Waals surface area contributed by atoms with Crippen molar-refractivity contribution in [2.45, 2.75) is 65.6 Å². The zero-order chi connectivity index (χ0) is 41.1. The summed E-state index contributed by atoms with van der Waals surface area (Å²) in [7, 11) is 2.14. The summed E-state index contributed by atoms with van der Waals surface area (Å²) in [5, 5.41) is 7.87. The monoisotopic (exact) mass is 858 g/mol. The molecular weight excluding hydrogens is 803 g/mol. The minimum absolute atomic E-state index is 0. The third-order valence-electron chi connectivity index (χ3n) is 10.1. The second kappa shape index (κ2) is 21.4. The van der Waals surface area contributed by atoms with E-state index in [2.05, 4.69) is 139 Å². The zero-order valence-electron chi connectivity index (χ0n) is 35.0. The van der Waals surface area contributed by atoms with Crippen LogP contribution < -0.4 is 9.64 Å². The van der Waals surface area contributed by atoms with Gasteiger partial charge in [-0.1, -0.05) is 89.6 Å². The number of anilines is 1. The molecule has 5 aromatic rings. The summed E-state index contributed by atoms with van der Waals surface area (Å²) in [6, 6.07) is 29.2. The first-order valence-corrected chi connectivity index (χ1v) is 20.8. The molecule has 9 nitrogen and oxygen atoms in total. The van der Waals surface area contributed by atoms with Crippen LogP contribution in [0.25, 0.3) is 10.8 Å². The first-order valence-electron chi connectivity index (χ1n) is 20.0. The Bertz CT molecular complexity index is 2150. The normalized spacial score (nSPS) is 18.4. The molecular formula is C47H57Cl3N6O3. The average Bonchev–Trinajstić information content (AvgIpc) is 3.87. The standard InChI is InChI=1S/C26H31Cl2N5O3.C21H25N.ClH/c1-19(2)31-9-11-32(12-10-31)21-4-6-22(7-5-21)34-14-23-15-35-26(36-23,16-33-18-29-17-30-33)24-8-3-20(27)13-25(24)28;1-21(2,3)15-8-5-9-16-22(4)17-19-13-10-12-18-11-6-7-14-20(18)19;/h3-8,13,17-19,23H,9-12,14-16H2,1-2H3;5-7,9-14H,16-17H2,1-4H3;1H/b;9-5+;/t23-,26-;;/m0../s1. The fourth-order valence-electron chi connectivity index (χ4n) is 7.06. The summed E-state index contributed by atoms with van der Waals surface area (Å²) in [6.45, 7) is 18.0. The Hall–Kier alpha value is -4.11. The van der Waals surface area contributed by atoms with Gasteiger partial charge in [-0.05, 0) is 100 Å². The van der Waals surface area contributed by atoms with Crippen molar-refractivity contribution < 1.29 is 14.2 Å². The lowest BCUT2D eigenvalue weighted by Gasteiger charge is -2.38. The van der Waals surface area contributed by atoms with E-state index in [9.17, 15) is 0 Å². The molecule has 12 heteroatoms. The van der Waals surface area contributed by atoms with E-state index in [1.165, 1.54) is 28.4 Å². The van der Waals surface area contributed by atoms with Gasteiger partial charge >= 0.3 is 0 Å². The fourth-order valence-corrected chi connectivity index (χ4v) is 7.61. The van der Waals surface area contributed by atoms with Crippen molar-refractivity contribution in [3.63, 3.8) is 0 Å². The number of ether oxygens (including phenoxy) is 3. The molecule has 0 amide bonds. The molecule has 2 atom stereocenters. The number of benzene rings is 4. The van der Waals surface area contributed by atoms with Crippen LogP contribution in [-0.4, -0.2) is 89.7 Å². The van der Waals surface area contributed by atoms with Gasteiger partial charge in [-0.25, -0.2) is 9.67 Å². The van der Waals surface area contributed by atoms with Crippen LogP contribution in [0.2, 0.25) is 10.0 Å². The molecule has 2 fully saturated rings. The summed E-state index contributed by atoms with van der Waals surface area (Å²) in [6.07, 6.45) is 6.89. The molecule has 1 aromatic heterocycles. The van der Waals surface area contributed by atoms with Crippen LogP contribution in [0.1, 0.15) is 45.7 Å². The van der Waals surface area contributed by atoms with E-state index in [1.807, 2.05) is 24.3 Å². The highest BCUT2D eigenvalue weighted by Crippen LogP contribution is 2.40. The van der Waals surface area contributed by atoms with Gasteiger partial charge in [0.2, 0.25) is 5.79 Å². The van der Waals surface area contributed by atoms with Gasteiger partial charge in [0.05, 0.1) is 11.6 Å². The SMILES string of the molecule is CC(C)N1CCN(c2ccc(OC[C@H]3CO[C@](Cn4cncn4)(c4ccc(Cl)cc4Cl)O3)cc2)CC1.CN(C/C=C/C#CC(C)(C)C)Cc1cccc2ccccc12.Cl. The van der Waals surface area contributed by atoms with Crippen LogP contribution in [0.4, 0.5) is 5.69 Å². The molecule has 0 unspecified atom stereocenters. The Morgan fingerprint density at radius 2 is 1.73 bits per heavy atom. The van der Waals surface area contributed by atoms with Gasteiger partial charge in [-0.3, -0.25) is 9.80 Å². The van der Waals surface area contributed by atoms with Crippen LogP contribution in [0.3, 0.4) is 0 Å². The third-order valence-corrected chi connectivity index (χ3v) is 10.7. The molecule has 2 saturated heterocycles. The van der Waals surface area contributed by atoms with E-state index in [0.29, 0.717) is 41.4 Å². The molecule has 0 radical (unpaired) electrons. The molecule has 0 bridgehead atoms. The molecule has 3 heterocycles.